The predicted octanol–water partition coefficient (Wildman–Crippen LogP) is 3.09. The molecule has 1 aromatic rings. The molecule has 3 nitrogen and oxygen atoms in total. The summed E-state index contributed by atoms with van der Waals surface area (Å²) in [4.78, 5) is 16.6. The van der Waals surface area contributed by atoms with E-state index in [-0.39, 0.29) is 17.0 Å². The molecular weight excluding hydrogens is 310 g/mol. The lowest BCUT2D eigenvalue weighted by Gasteiger charge is -2.25. The second-order valence-electron chi connectivity index (χ2n) is 3.69. The third-order valence-corrected chi connectivity index (χ3v) is 3.25. The van der Waals surface area contributed by atoms with E-state index in [2.05, 4.69) is 20.9 Å². The highest BCUT2D eigenvalue weighted by Crippen LogP contribution is 2.24. The minimum Gasteiger partial charge on any atom is -0.331 e. The average molecular weight is 320 g/mol. The second-order valence-corrected chi connectivity index (χ2v) is 4.98. The zero-order valence-corrected chi connectivity index (χ0v) is 11.1. The van der Waals surface area contributed by atoms with E-state index in [9.17, 15) is 9.18 Å². The normalized spacial score (nSPS) is 19.5. The molecule has 0 saturated heterocycles. The van der Waals surface area contributed by atoms with E-state index in [0.29, 0.717) is 17.4 Å². The summed E-state index contributed by atoms with van der Waals surface area (Å²) in [5.74, 6) is -0.434. The first-order chi connectivity index (χ1) is 8.08. The van der Waals surface area contributed by atoms with Crippen molar-refractivity contribution in [3.8, 4) is 0 Å². The van der Waals surface area contributed by atoms with Crippen molar-refractivity contribution in [1.82, 2.24) is 4.98 Å². The Kier molecular flexibility index (Phi) is 3.79. The van der Waals surface area contributed by atoms with Gasteiger partial charge >= 0.3 is 0 Å². The van der Waals surface area contributed by atoms with Crippen LogP contribution in [0.3, 0.4) is 0 Å². The first-order valence-corrected chi connectivity index (χ1v) is 6.20. The lowest BCUT2D eigenvalue weighted by atomic mass is 10.0. The fourth-order valence-corrected chi connectivity index (χ4v) is 2.13. The number of halogens is 3. The SMILES string of the molecule is O=C(Cl)C1C=CN(c2ncc(Br)cc2F)CC1. The van der Waals surface area contributed by atoms with Crippen LogP contribution in [0, 0.1) is 11.7 Å². The fourth-order valence-electron chi connectivity index (χ4n) is 1.64. The van der Waals surface area contributed by atoms with Gasteiger partial charge in [-0.3, -0.25) is 4.79 Å². The number of hydrogen-bond donors (Lipinski definition) is 0. The van der Waals surface area contributed by atoms with Crippen molar-refractivity contribution in [2.24, 2.45) is 5.92 Å². The quantitative estimate of drug-likeness (QED) is 0.785. The molecular formula is C11H9BrClFN2O. The maximum atomic E-state index is 13.6. The van der Waals surface area contributed by atoms with E-state index in [0.717, 1.165) is 0 Å². The van der Waals surface area contributed by atoms with E-state index < -0.39 is 5.82 Å². The van der Waals surface area contributed by atoms with Gasteiger partial charge in [0.2, 0.25) is 5.24 Å². The summed E-state index contributed by atoms with van der Waals surface area (Å²) in [6.07, 6.45) is 5.41. The van der Waals surface area contributed by atoms with Crippen molar-refractivity contribution in [2.75, 3.05) is 11.4 Å². The van der Waals surface area contributed by atoms with Crippen molar-refractivity contribution < 1.29 is 9.18 Å². The smallest absolute Gasteiger partial charge is 0.228 e. The Morgan fingerprint density at radius 1 is 1.65 bits per heavy atom. The predicted molar refractivity (Wildman–Crippen MR) is 67.3 cm³/mol. The molecule has 0 N–H and O–H groups in total. The Bertz CT molecular complexity index is 481. The van der Waals surface area contributed by atoms with Crippen LogP contribution in [0.25, 0.3) is 0 Å². The van der Waals surface area contributed by atoms with Gasteiger partial charge in [0.1, 0.15) is 0 Å². The zero-order chi connectivity index (χ0) is 12.4. The number of rotatable bonds is 2. The van der Waals surface area contributed by atoms with Crippen LogP contribution in [0.5, 0.6) is 0 Å². The number of anilines is 1. The summed E-state index contributed by atoms with van der Waals surface area (Å²) in [6, 6.07) is 1.36. The topological polar surface area (TPSA) is 33.2 Å². The van der Waals surface area contributed by atoms with Crippen molar-refractivity contribution in [3.05, 3.63) is 34.8 Å². The minimum absolute atomic E-state index is 0.255. The monoisotopic (exact) mass is 318 g/mol. The first kappa shape index (κ1) is 12.5. The summed E-state index contributed by atoms with van der Waals surface area (Å²) in [5.41, 5.74) is 0. The second kappa shape index (κ2) is 5.14. The van der Waals surface area contributed by atoms with Crippen LogP contribution in [0.15, 0.2) is 29.0 Å². The molecule has 1 aromatic heterocycles. The maximum absolute atomic E-state index is 13.6. The highest BCUT2D eigenvalue weighted by atomic mass is 79.9. The van der Waals surface area contributed by atoms with Crippen molar-refractivity contribution in [3.63, 3.8) is 0 Å². The van der Waals surface area contributed by atoms with Gasteiger partial charge in [-0.05, 0) is 40.0 Å². The molecule has 0 radical (unpaired) electrons. The molecule has 90 valence electrons. The standard InChI is InChI=1S/C11H9BrClFN2O/c12-8-5-9(14)11(15-6-8)16-3-1-7(2-4-16)10(13)17/h1,3,5-7H,2,4H2. The lowest BCUT2D eigenvalue weighted by Crippen LogP contribution is -2.27. The van der Waals surface area contributed by atoms with Crippen LogP contribution in [-0.2, 0) is 4.79 Å². The fraction of sp³-hybridized carbons (Fsp3) is 0.273. The van der Waals surface area contributed by atoms with Gasteiger partial charge in [0.05, 0.1) is 5.92 Å². The Balaban J connectivity index is 2.20. The number of allylic oxidation sites excluding steroid dienone is 1. The van der Waals surface area contributed by atoms with Gasteiger partial charge in [-0.15, -0.1) is 0 Å². The van der Waals surface area contributed by atoms with Crippen molar-refractivity contribution in [2.45, 2.75) is 6.42 Å². The van der Waals surface area contributed by atoms with Gasteiger partial charge in [0.15, 0.2) is 11.6 Å². The number of pyridine rings is 1. The van der Waals surface area contributed by atoms with Gasteiger partial charge in [-0.25, -0.2) is 9.37 Å². The highest BCUT2D eigenvalue weighted by molar-refractivity contribution is 9.10. The molecule has 0 fully saturated rings. The molecule has 0 bridgehead atoms. The summed E-state index contributed by atoms with van der Waals surface area (Å²) < 4.78 is 14.2. The molecule has 1 unspecified atom stereocenters. The van der Waals surface area contributed by atoms with Crippen molar-refractivity contribution >= 4 is 38.6 Å². The Morgan fingerprint density at radius 3 is 2.94 bits per heavy atom. The largest absolute Gasteiger partial charge is 0.331 e. The Morgan fingerprint density at radius 2 is 2.41 bits per heavy atom. The van der Waals surface area contributed by atoms with E-state index >= 15 is 0 Å². The van der Waals surface area contributed by atoms with Crippen LogP contribution in [0.4, 0.5) is 10.2 Å². The number of hydrogen-bond acceptors (Lipinski definition) is 3. The van der Waals surface area contributed by atoms with Gasteiger partial charge in [0.25, 0.3) is 0 Å². The van der Waals surface area contributed by atoms with E-state index in [1.54, 1.807) is 17.2 Å². The first-order valence-electron chi connectivity index (χ1n) is 5.03. The summed E-state index contributed by atoms with van der Waals surface area (Å²) in [7, 11) is 0. The molecule has 2 heterocycles. The summed E-state index contributed by atoms with van der Waals surface area (Å²) in [6.45, 7) is 0.519. The lowest BCUT2D eigenvalue weighted by molar-refractivity contribution is -0.114. The van der Waals surface area contributed by atoms with Crippen LogP contribution in [-0.4, -0.2) is 16.8 Å². The van der Waals surface area contributed by atoms with Gasteiger partial charge in [-0.2, -0.15) is 0 Å². The third-order valence-electron chi connectivity index (χ3n) is 2.53. The van der Waals surface area contributed by atoms with Crippen LogP contribution < -0.4 is 4.90 Å². The van der Waals surface area contributed by atoms with E-state index in [4.69, 9.17) is 11.6 Å². The molecule has 1 aliphatic heterocycles. The van der Waals surface area contributed by atoms with Crippen LogP contribution in [0.1, 0.15) is 6.42 Å². The summed E-state index contributed by atoms with van der Waals surface area (Å²) >= 11 is 8.55. The summed E-state index contributed by atoms with van der Waals surface area (Å²) in [5, 5.41) is -0.384. The molecule has 0 aliphatic carbocycles. The molecule has 2 rings (SSSR count). The number of carbonyl (C=O) groups excluding carboxylic acids is 1. The van der Waals surface area contributed by atoms with Crippen LogP contribution >= 0.6 is 27.5 Å². The molecule has 1 aliphatic rings. The number of carbonyl (C=O) groups is 1. The minimum atomic E-state index is -0.403. The van der Waals surface area contributed by atoms with Gasteiger partial charge in [0, 0.05) is 23.4 Å². The molecule has 1 atom stereocenters. The number of aromatic nitrogens is 1. The maximum Gasteiger partial charge on any atom is 0.228 e. The van der Waals surface area contributed by atoms with E-state index in [1.165, 1.54) is 12.3 Å². The molecule has 0 saturated carbocycles. The molecule has 0 aromatic carbocycles. The molecule has 0 amide bonds. The Labute approximate surface area is 111 Å². The van der Waals surface area contributed by atoms with Gasteiger partial charge in [-0.1, -0.05) is 6.08 Å². The van der Waals surface area contributed by atoms with Crippen LogP contribution in [0.2, 0.25) is 0 Å². The zero-order valence-electron chi connectivity index (χ0n) is 8.74. The third kappa shape index (κ3) is 2.84. The van der Waals surface area contributed by atoms with Crippen molar-refractivity contribution in [1.29, 1.82) is 0 Å². The van der Waals surface area contributed by atoms with E-state index in [1.807, 2.05) is 0 Å². The number of nitrogens with zero attached hydrogens (tertiary/aromatic N) is 2. The Hall–Kier alpha value is -0.940. The average Bonchev–Trinajstić information content (AvgIpc) is 2.29. The highest BCUT2D eigenvalue weighted by Gasteiger charge is 2.21. The van der Waals surface area contributed by atoms with Gasteiger partial charge < -0.3 is 4.90 Å². The molecule has 17 heavy (non-hydrogen) atoms. The molecule has 0 spiro atoms. The molecule has 6 heteroatoms.